The summed E-state index contributed by atoms with van der Waals surface area (Å²) in [7, 11) is 0. The van der Waals surface area contributed by atoms with Crippen LogP contribution in [-0.4, -0.2) is 9.97 Å². The van der Waals surface area contributed by atoms with Crippen molar-refractivity contribution in [3.8, 4) is 0 Å². The van der Waals surface area contributed by atoms with Crippen LogP contribution in [0.5, 0.6) is 0 Å². The lowest BCUT2D eigenvalue weighted by atomic mass is 10.0. The largest absolute Gasteiger partial charge is 0.321 e. The molecule has 1 heterocycles. The Morgan fingerprint density at radius 1 is 1.29 bits per heavy atom. The third kappa shape index (κ3) is 3.02. The van der Waals surface area contributed by atoms with Crippen LogP contribution in [0.1, 0.15) is 23.0 Å². The lowest BCUT2D eigenvalue weighted by Gasteiger charge is -2.11. The molecule has 1 atom stereocenters. The molecule has 0 fully saturated rings. The summed E-state index contributed by atoms with van der Waals surface area (Å²) in [6, 6.07) is 7.52. The van der Waals surface area contributed by atoms with E-state index >= 15 is 0 Å². The van der Waals surface area contributed by atoms with Crippen molar-refractivity contribution in [3.05, 3.63) is 58.6 Å². The second-order valence-electron chi connectivity index (χ2n) is 4.01. The second kappa shape index (κ2) is 5.25. The van der Waals surface area contributed by atoms with Crippen molar-refractivity contribution in [2.45, 2.75) is 19.4 Å². The Labute approximate surface area is 106 Å². The topological polar surface area (TPSA) is 51.8 Å². The molecule has 88 valence electrons. The SMILES string of the molecule is Cc1ccc(CC(N)c2ncccn2)c(Cl)c1. The van der Waals surface area contributed by atoms with Gasteiger partial charge in [-0.2, -0.15) is 0 Å². The number of aryl methyl sites for hydroxylation is 1. The Bertz CT molecular complexity index is 499. The molecule has 1 aromatic heterocycles. The highest BCUT2D eigenvalue weighted by Gasteiger charge is 2.11. The molecule has 1 aromatic carbocycles. The Kier molecular flexibility index (Phi) is 3.71. The van der Waals surface area contributed by atoms with Crippen LogP contribution >= 0.6 is 11.6 Å². The average Bonchev–Trinajstić information content (AvgIpc) is 2.34. The van der Waals surface area contributed by atoms with E-state index in [1.165, 1.54) is 0 Å². The van der Waals surface area contributed by atoms with Crippen molar-refractivity contribution in [1.29, 1.82) is 0 Å². The summed E-state index contributed by atoms with van der Waals surface area (Å²) in [5, 5.41) is 0.747. The van der Waals surface area contributed by atoms with Crippen molar-refractivity contribution >= 4 is 11.6 Å². The van der Waals surface area contributed by atoms with Crippen LogP contribution in [0, 0.1) is 6.92 Å². The number of hydrogen-bond donors (Lipinski definition) is 1. The Morgan fingerprint density at radius 2 is 2.00 bits per heavy atom. The third-order valence-electron chi connectivity index (χ3n) is 2.57. The fourth-order valence-electron chi connectivity index (χ4n) is 1.65. The van der Waals surface area contributed by atoms with Crippen molar-refractivity contribution in [2.24, 2.45) is 5.73 Å². The number of nitrogens with zero attached hydrogens (tertiary/aromatic N) is 2. The van der Waals surface area contributed by atoms with E-state index in [1.807, 2.05) is 25.1 Å². The molecular weight excluding hydrogens is 234 g/mol. The van der Waals surface area contributed by atoms with Gasteiger partial charge in [-0.15, -0.1) is 0 Å². The number of nitrogens with two attached hydrogens (primary N) is 1. The van der Waals surface area contributed by atoms with Crippen molar-refractivity contribution in [2.75, 3.05) is 0 Å². The summed E-state index contributed by atoms with van der Waals surface area (Å²) < 4.78 is 0. The molecule has 0 saturated carbocycles. The Hall–Kier alpha value is -1.45. The molecule has 0 spiro atoms. The third-order valence-corrected chi connectivity index (χ3v) is 2.92. The summed E-state index contributed by atoms with van der Waals surface area (Å²) in [4.78, 5) is 8.29. The lowest BCUT2D eigenvalue weighted by molar-refractivity contribution is 0.667. The van der Waals surface area contributed by atoms with Crippen LogP contribution in [0.15, 0.2) is 36.7 Å². The molecule has 0 bridgehead atoms. The first-order chi connectivity index (χ1) is 8.16. The highest BCUT2D eigenvalue weighted by Crippen LogP contribution is 2.21. The molecule has 0 aliphatic heterocycles. The lowest BCUT2D eigenvalue weighted by Crippen LogP contribution is -2.16. The first kappa shape index (κ1) is 12.0. The number of halogens is 1. The normalized spacial score (nSPS) is 12.4. The van der Waals surface area contributed by atoms with E-state index in [0.29, 0.717) is 12.2 Å². The minimum Gasteiger partial charge on any atom is -0.321 e. The van der Waals surface area contributed by atoms with E-state index in [4.69, 9.17) is 17.3 Å². The monoisotopic (exact) mass is 247 g/mol. The fraction of sp³-hybridized carbons (Fsp3) is 0.231. The van der Waals surface area contributed by atoms with Crippen LogP contribution in [0.4, 0.5) is 0 Å². The molecule has 17 heavy (non-hydrogen) atoms. The van der Waals surface area contributed by atoms with Gasteiger partial charge in [0.25, 0.3) is 0 Å². The zero-order valence-corrected chi connectivity index (χ0v) is 10.4. The molecule has 4 heteroatoms. The quantitative estimate of drug-likeness (QED) is 0.907. The summed E-state index contributed by atoms with van der Waals surface area (Å²) >= 11 is 6.16. The summed E-state index contributed by atoms with van der Waals surface area (Å²) in [5.74, 6) is 0.643. The average molecular weight is 248 g/mol. The highest BCUT2D eigenvalue weighted by molar-refractivity contribution is 6.31. The predicted molar refractivity (Wildman–Crippen MR) is 68.9 cm³/mol. The highest BCUT2D eigenvalue weighted by atomic mass is 35.5. The van der Waals surface area contributed by atoms with Gasteiger partial charge in [-0.05, 0) is 36.6 Å². The van der Waals surface area contributed by atoms with Crippen molar-refractivity contribution in [1.82, 2.24) is 9.97 Å². The molecule has 2 aromatic rings. The van der Waals surface area contributed by atoms with Gasteiger partial charge in [-0.3, -0.25) is 0 Å². The standard InChI is InChI=1S/C13H14ClN3/c1-9-3-4-10(11(14)7-9)8-12(15)13-16-5-2-6-17-13/h2-7,12H,8,15H2,1H3. The molecule has 3 nitrogen and oxygen atoms in total. The van der Waals surface area contributed by atoms with Gasteiger partial charge in [0.05, 0.1) is 6.04 Å². The predicted octanol–water partition coefficient (Wildman–Crippen LogP) is 2.68. The van der Waals surface area contributed by atoms with E-state index in [2.05, 4.69) is 9.97 Å². The molecule has 0 amide bonds. The van der Waals surface area contributed by atoms with Gasteiger partial charge < -0.3 is 5.73 Å². The van der Waals surface area contributed by atoms with Gasteiger partial charge in [-0.25, -0.2) is 9.97 Å². The molecule has 0 aliphatic rings. The van der Waals surface area contributed by atoms with Gasteiger partial charge in [0, 0.05) is 17.4 Å². The summed E-state index contributed by atoms with van der Waals surface area (Å²) in [6.07, 6.45) is 4.03. The molecule has 0 aliphatic carbocycles. The zero-order valence-electron chi connectivity index (χ0n) is 9.60. The maximum Gasteiger partial charge on any atom is 0.145 e. The smallest absolute Gasteiger partial charge is 0.145 e. The molecule has 2 rings (SSSR count). The van der Waals surface area contributed by atoms with Gasteiger partial charge in [0.1, 0.15) is 5.82 Å². The molecule has 0 saturated heterocycles. The summed E-state index contributed by atoms with van der Waals surface area (Å²) in [5.41, 5.74) is 8.22. The molecule has 2 N–H and O–H groups in total. The number of rotatable bonds is 3. The number of aromatic nitrogens is 2. The molecular formula is C13H14ClN3. The first-order valence-electron chi connectivity index (χ1n) is 5.44. The molecule has 0 radical (unpaired) electrons. The van der Waals surface area contributed by atoms with Gasteiger partial charge in [0.2, 0.25) is 0 Å². The van der Waals surface area contributed by atoms with E-state index < -0.39 is 0 Å². The number of hydrogen-bond acceptors (Lipinski definition) is 3. The fourth-order valence-corrected chi connectivity index (χ4v) is 1.96. The molecule has 1 unspecified atom stereocenters. The Morgan fingerprint density at radius 3 is 2.65 bits per heavy atom. The zero-order chi connectivity index (χ0) is 12.3. The van der Waals surface area contributed by atoms with Crippen LogP contribution in [0.3, 0.4) is 0 Å². The minimum absolute atomic E-state index is 0.226. The minimum atomic E-state index is -0.226. The van der Waals surface area contributed by atoms with Gasteiger partial charge in [0.15, 0.2) is 0 Å². The van der Waals surface area contributed by atoms with Gasteiger partial charge >= 0.3 is 0 Å². The van der Waals surface area contributed by atoms with Gasteiger partial charge in [-0.1, -0.05) is 23.7 Å². The Balaban J connectivity index is 2.16. The number of benzene rings is 1. The first-order valence-corrected chi connectivity index (χ1v) is 5.82. The summed E-state index contributed by atoms with van der Waals surface area (Å²) in [6.45, 7) is 2.01. The maximum atomic E-state index is 6.16. The van der Waals surface area contributed by atoms with Crippen LogP contribution in [0.25, 0.3) is 0 Å². The van der Waals surface area contributed by atoms with E-state index in [9.17, 15) is 0 Å². The van der Waals surface area contributed by atoms with E-state index in [-0.39, 0.29) is 6.04 Å². The van der Waals surface area contributed by atoms with Crippen LogP contribution in [0.2, 0.25) is 5.02 Å². The van der Waals surface area contributed by atoms with E-state index in [1.54, 1.807) is 18.5 Å². The second-order valence-corrected chi connectivity index (χ2v) is 4.42. The van der Waals surface area contributed by atoms with Crippen LogP contribution < -0.4 is 5.73 Å². The van der Waals surface area contributed by atoms with Crippen molar-refractivity contribution in [3.63, 3.8) is 0 Å². The van der Waals surface area contributed by atoms with Crippen molar-refractivity contribution < 1.29 is 0 Å². The van der Waals surface area contributed by atoms with E-state index in [0.717, 1.165) is 16.1 Å². The van der Waals surface area contributed by atoms with Crippen LogP contribution in [-0.2, 0) is 6.42 Å². The maximum absolute atomic E-state index is 6.16.